The summed E-state index contributed by atoms with van der Waals surface area (Å²) in [4.78, 5) is 0. The lowest BCUT2D eigenvalue weighted by molar-refractivity contribution is -0.286. The molecule has 3 rings (SSSR count). The second kappa shape index (κ2) is 4.67. The molecule has 0 saturated heterocycles. The Hall–Kier alpha value is -2.30. The molecule has 0 radical (unpaired) electrons. The van der Waals surface area contributed by atoms with Gasteiger partial charge in [0.15, 0.2) is 11.5 Å². The van der Waals surface area contributed by atoms with E-state index in [-0.39, 0.29) is 11.5 Å². The van der Waals surface area contributed by atoms with Gasteiger partial charge in [-0.05, 0) is 24.6 Å². The molecule has 0 bridgehead atoms. The van der Waals surface area contributed by atoms with Crippen LogP contribution < -0.4 is 14.8 Å². The highest BCUT2D eigenvalue weighted by molar-refractivity contribution is 5.56. The summed E-state index contributed by atoms with van der Waals surface area (Å²) in [5.74, 6) is 0.0975. The Morgan fingerprint density at radius 3 is 2.65 bits per heavy atom. The summed E-state index contributed by atoms with van der Waals surface area (Å²) in [5, 5.41) is 3.16. The van der Waals surface area contributed by atoms with Gasteiger partial charge in [0.1, 0.15) is 0 Å². The van der Waals surface area contributed by atoms with Crippen molar-refractivity contribution in [3.63, 3.8) is 0 Å². The van der Waals surface area contributed by atoms with Gasteiger partial charge in [-0.3, -0.25) is 0 Å². The third-order valence-corrected chi connectivity index (χ3v) is 2.98. The Labute approximate surface area is 115 Å². The van der Waals surface area contributed by atoms with Gasteiger partial charge in [-0.25, -0.2) is 0 Å². The van der Waals surface area contributed by atoms with Gasteiger partial charge >= 0.3 is 6.29 Å². The van der Waals surface area contributed by atoms with Crippen molar-refractivity contribution in [1.29, 1.82) is 0 Å². The van der Waals surface area contributed by atoms with Gasteiger partial charge in [-0.2, -0.15) is 0 Å². The van der Waals surface area contributed by atoms with E-state index in [0.717, 1.165) is 5.56 Å². The van der Waals surface area contributed by atoms with Crippen LogP contribution in [0.2, 0.25) is 0 Å². The van der Waals surface area contributed by atoms with Crippen molar-refractivity contribution in [3.8, 4) is 11.5 Å². The van der Waals surface area contributed by atoms with Crippen molar-refractivity contribution in [2.24, 2.45) is 0 Å². The van der Waals surface area contributed by atoms with Crippen LogP contribution in [-0.4, -0.2) is 6.29 Å². The average Bonchev–Trinajstić information content (AvgIpc) is 2.69. The van der Waals surface area contributed by atoms with Crippen molar-refractivity contribution in [3.05, 3.63) is 53.6 Å². The molecule has 0 saturated carbocycles. The first-order valence-electron chi connectivity index (χ1n) is 6.21. The van der Waals surface area contributed by atoms with E-state index in [1.807, 2.05) is 25.1 Å². The molecule has 1 aliphatic heterocycles. The molecule has 104 valence electrons. The number of alkyl halides is 2. The number of aryl methyl sites for hydroxylation is 1. The van der Waals surface area contributed by atoms with Gasteiger partial charge in [0.25, 0.3) is 0 Å². The number of nitrogens with one attached hydrogen (secondary N) is 1. The summed E-state index contributed by atoms with van der Waals surface area (Å²) in [6.07, 6.45) is -3.57. The molecule has 0 unspecified atom stereocenters. The molecule has 0 fully saturated rings. The quantitative estimate of drug-likeness (QED) is 0.922. The van der Waals surface area contributed by atoms with Gasteiger partial charge in [-0.1, -0.05) is 29.8 Å². The second-order valence-electron chi connectivity index (χ2n) is 4.67. The number of anilines is 1. The molecule has 2 aromatic rings. The first kappa shape index (κ1) is 12.7. The Bertz CT molecular complexity index is 644. The standard InChI is InChI=1S/C15H13F2NO2/c1-10-3-2-4-11(7-10)9-18-12-5-6-13-14(8-12)20-15(16,17)19-13/h2-8,18H,9H2,1H3. The van der Waals surface area contributed by atoms with Gasteiger partial charge in [-0.15, -0.1) is 8.78 Å². The Morgan fingerprint density at radius 2 is 1.85 bits per heavy atom. The third kappa shape index (κ3) is 2.66. The highest BCUT2D eigenvalue weighted by Gasteiger charge is 2.43. The molecular weight excluding hydrogens is 264 g/mol. The first-order chi connectivity index (χ1) is 9.52. The average molecular weight is 277 g/mol. The van der Waals surface area contributed by atoms with Crippen LogP contribution in [0.1, 0.15) is 11.1 Å². The maximum Gasteiger partial charge on any atom is 0.586 e. The minimum Gasteiger partial charge on any atom is -0.395 e. The Morgan fingerprint density at radius 1 is 1.05 bits per heavy atom. The first-order valence-corrected chi connectivity index (χ1v) is 6.21. The molecule has 0 aliphatic carbocycles. The van der Waals surface area contributed by atoms with E-state index < -0.39 is 6.29 Å². The topological polar surface area (TPSA) is 30.5 Å². The van der Waals surface area contributed by atoms with Gasteiger partial charge in [0.05, 0.1) is 0 Å². The zero-order valence-corrected chi connectivity index (χ0v) is 10.8. The summed E-state index contributed by atoms with van der Waals surface area (Å²) in [6, 6.07) is 12.7. The minimum atomic E-state index is -3.57. The summed E-state index contributed by atoms with van der Waals surface area (Å²) in [5.41, 5.74) is 2.99. The normalized spacial score (nSPS) is 15.2. The van der Waals surface area contributed by atoms with Crippen LogP contribution in [0.25, 0.3) is 0 Å². The molecule has 0 spiro atoms. The Kier molecular flexibility index (Phi) is 2.97. The molecule has 0 amide bonds. The zero-order valence-electron chi connectivity index (χ0n) is 10.8. The molecule has 1 N–H and O–H groups in total. The van der Waals surface area contributed by atoms with Crippen molar-refractivity contribution < 1.29 is 18.3 Å². The lowest BCUT2D eigenvalue weighted by atomic mass is 10.1. The molecule has 20 heavy (non-hydrogen) atoms. The van der Waals surface area contributed by atoms with Crippen LogP contribution >= 0.6 is 0 Å². The summed E-state index contributed by atoms with van der Waals surface area (Å²) < 4.78 is 34.6. The molecule has 2 aromatic carbocycles. The lowest BCUT2D eigenvalue weighted by Gasteiger charge is -2.07. The van der Waals surface area contributed by atoms with Crippen LogP contribution in [0.5, 0.6) is 11.5 Å². The fraction of sp³-hybridized carbons (Fsp3) is 0.200. The van der Waals surface area contributed by atoms with E-state index in [4.69, 9.17) is 0 Å². The number of rotatable bonds is 3. The van der Waals surface area contributed by atoms with Gasteiger partial charge in [0.2, 0.25) is 0 Å². The van der Waals surface area contributed by atoms with E-state index in [1.54, 1.807) is 6.07 Å². The lowest BCUT2D eigenvalue weighted by Crippen LogP contribution is -2.25. The summed E-state index contributed by atoms with van der Waals surface area (Å²) in [7, 11) is 0. The number of benzene rings is 2. The van der Waals surface area contributed by atoms with E-state index in [2.05, 4.69) is 20.9 Å². The van der Waals surface area contributed by atoms with Crippen LogP contribution in [0, 0.1) is 6.92 Å². The predicted molar refractivity (Wildman–Crippen MR) is 71.2 cm³/mol. The van der Waals surface area contributed by atoms with Gasteiger partial charge < -0.3 is 14.8 Å². The van der Waals surface area contributed by atoms with Gasteiger partial charge in [0, 0.05) is 18.3 Å². The van der Waals surface area contributed by atoms with Crippen LogP contribution in [0.15, 0.2) is 42.5 Å². The maximum atomic E-state index is 12.9. The van der Waals surface area contributed by atoms with E-state index >= 15 is 0 Å². The molecular formula is C15H13F2NO2. The van der Waals surface area contributed by atoms with Crippen molar-refractivity contribution in [2.45, 2.75) is 19.8 Å². The number of ether oxygens (including phenoxy) is 2. The van der Waals surface area contributed by atoms with Crippen LogP contribution in [0.4, 0.5) is 14.5 Å². The SMILES string of the molecule is Cc1cccc(CNc2ccc3c(c2)OC(F)(F)O3)c1. The fourth-order valence-corrected chi connectivity index (χ4v) is 2.09. The summed E-state index contributed by atoms with van der Waals surface area (Å²) >= 11 is 0. The van der Waals surface area contributed by atoms with E-state index in [9.17, 15) is 8.78 Å². The number of halogens is 2. The number of hydrogen-bond donors (Lipinski definition) is 1. The van der Waals surface area contributed by atoms with E-state index in [0.29, 0.717) is 12.2 Å². The number of hydrogen-bond acceptors (Lipinski definition) is 3. The van der Waals surface area contributed by atoms with Crippen molar-refractivity contribution in [1.82, 2.24) is 0 Å². The van der Waals surface area contributed by atoms with Crippen LogP contribution in [-0.2, 0) is 6.54 Å². The predicted octanol–water partition coefficient (Wildman–Crippen LogP) is 3.93. The molecule has 3 nitrogen and oxygen atoms in total. The second-order valence-corrected chi connectivity index (χ2v) is 4.67. The molecule has 1 aliphatic rings. The highest BCUT2D eigenvalue weighted by Crippen LogP contribution is 2.42. The molecule has 1 heterocycles. The maximum absolute atomic E-state index is 12.9. The van der Waals surface area contributed by atoms with Crippen molar-refractivity contribution >= 4 is 5.69 Å². The fourth-order valence-electron chi connectivity index (χ4n) is 2.09. The largest absolute Gasteiger partial charge is 0.586 e. The third-order valence-electron chi connectivity index (χ3n) is 2.98. The summed E-state index contributed by atoms with van der Waals surface area (Å²) in [6.45, 7) is 2.63. The van der Waals surface area contributed by atoms with Crippen molar-refractivity contribution in [2.75, 3.05) is 5.32 Å². The zero-order chi connectivity index (χ0) is 14.2. The smallest absolute Gasteiger partial charge is 0.395 e. The molecule has 5 heteroatoms. The minimum absolute atomic E-state index is 0.0456. The van der Waals surface area contributed by atoms with Crippen LogP contribution in [0.3, 0.4) is 0 Å². The molecule has 0 aromatic heterocycles. The highest BCUT2D eigenvalue weighted by atomic mass is 19.3. The van der Waals surface area contributed by atoms with E-state index in [1.165, 1.54) is 17.7 Å². The monoisotopic (exact) mass is 277 g/mol. The molecule has 0 atom stereocenters. The Balaban J connectivity index is 1.71. The number of fused-ring (bicyclic) bond motifs is 1.